The van der Waals surface area contributed by atoms with Crippen LogP contribution in [0.25, 0.3) is 0 Å². The quantitative estimate of drug-likeness (QED) is 0.550. The van der Waals surface area contributed by atoms with Crippen LogP contribution in [0.4, 0.5) is 0 Å². The minimum Gasteiger partial charge on any atom is -0.373 e. The van der Waals surface area contributed by atoms with Crippen LogP contribution in [0.3, 0.4) is 0 Å². The van der Waals surface area contributed by atoms with Crippen molar-refractivity contribution >= 4 is 21.9 Å². The molecule has 0 amide bonds. The minimum atomic E-state index is 0.147. The van der Waals surface area contributed by atoms with E-state index in [1.54, 1.807) is 0 Å². The molecular formula is C22H31BrN4O. The van der Waals surface area contributed by atoms with Gasteiger partial charge in [-0.05, 0) is 47.3 Å². The Kier molecular flexibility index (Phi) is 7.18. The fraction of sp³-hybridized carbons (Fsp3) is 0.500. The van der Waals surface area contributed by atoms with Gasteiger partial charge in [0.15, 0.2) is 5.96 Å². The Bertz CT molecular complexity index is 799. The van der Waals surface area contributed by atoms with E-state index >= 15 is 0 Å². The van der Waals surface area contributed by atoms with E-state index in [0.29, 0.717) is 5.92 Å². The number of rotatable bonds is 5. The van der Waals surface area contributed by atoms with Crippen LogP contribution in [-0.2, 0) is 18.3 Å². The van der Waals surface area contributed by atoms with Crippen LogP contribution in [0.1, 0.15) is 35.8 Å². The van der Waals surface area contributed by atoms with Crippen LogP contribution in [-0.4, -0.2) is 42.7 Å². The second-order valence-electron chi connectivity index (χ2n) is 7.65. The summed E-state index contributed by atoms with van der Waals surface area (Å²) in [6, 6.07) is 10.9. The zero-order valence-electron chi connectivity index (χ0n) is 17.3. The first-order valence-electron chi connectivity index (χ1n) is 9.88. The molecule has 1 fully saturated rings. The Morgan fingerprint density at radius 3 is 2.75 bits per heavy atom. The van der Waals surface area contributed by atoms with Crippen molar-refractivity contribution in [2.75, 3.05) is 27.2 Å². The van der Waals surface area contributed by atoms with Crippen LogP contribution >= 0.6 is 15.9 Å². The lowest BCUT2D eigenvalue weighted by atomic mass is 9.89. The number of ether oxygens (including phenoxy) is 1. The molecule has 5 nitrogen and oxygen atoms in total. The maximum atomic E-state index is 6.16. The molecule has 2 aromatic rings. The molecule has 0 saturated carbocycles. The molecule has 0 aliphatic carbocycles. The van der Waals surface area contributed by atoms with Gasteiger partial charge in [0.05, 0.1) is 12.6 Å². The van der Waals surface area contributed by atoms with E-state index in [1.807, 2.05) is 7.05 Å². The average molecular weight is 447 g/mol. The molecule has 2 heterocycles. The summed E-state index contributed by atoms with van der Waals surface area (Å²) in [7, 11) is 5.98. The average Bonchev–Trinajstić information content (AvgIpc) is 3.00. The maximum Gasteiger partial charge on any atom is 0.193 e. The van der Waals surface area contributed by atoms with Crippen LogP contribution in [0.2, 0.25) is 0 Å². The smallest absolute Gasteiger partial charge is 0.193 e. The molecule has 0 bridgehead atoms. The van der Waals surface area contributed by atoms with Crippen molar-refractivity contribution in [3.05, 3.63) is 57.8 Å². The van der Waals surface area contributed by atoms with Gasteiger partial charge in [0.2, 0.25) is 0 Å². The number of nitrogens with one attached hydrogen (secondary N) is 1. The number of aryl methyl sites for hydroxylation is 2. The second-order valence-corrected chi connectivity index (χ2v) is 8.56. The molecule has 0 spiro atoms. The molecule has 28 heavy (non-hydrogen) atoms. The third kappa shape index (κ3) is 5.17. The second kappa shape index (κ2) is 9.61. The standard InChI is InChI=1S/C22H31BrN4O/c1-16-7-9-17(10-8-16)21-18(6-5-11-28-21)13-25-22(24-2)27(4)15-20-12-19(23)14-26(20)3/h7-10,12,14,18,21H,5-6,11,13,15H2,1-4H3,(H,24,25). The first-order valence-corrected chi connectivity index (χ1v) is 10.7. The zero-order chi connectivity index (χ0) is 20.1. The van der Waals surface area contributed by atoms with Gasteiger partial charge in [-0.2, -0.15) is 0 Å². The SMILES string of the molecule is CN=C(NCC1CCCOC1c1ccc(C)cc1)N(C)Cc1cc(Br)cn1C. The van der Waals surface area contributed by atoms with Crippen LogP contribution in [0, 0.1) is 12.8 Å². The molecule has 2 atom stereocenters. The highest BCUT2D eigenvalue weighted by atomic mass is 79.9. The molecule has 1 aromatic heterocycles. The lowest BCUT2D eigenvalue weighted by Crippen LogP contribution is -2.42. The summed E-state index contributed by atoms with van der Waals surface area (Å²) in [5, 5.41) is 3.57. The summed E-state index contributed by atoms with van der Waals surface area (Å²) in [5.41, 5.74) is 3.79. The van der Waals surface area contributed by atoms with Crippen molar-refractivity contribution in [3.63, 3.8) is 0 Å². The molecule has 1 aliphatic rings. The number of hydrogen-bond acceptors (Lipinski definition) is 2. The van der Waals surface area contributed by atoms with Crippen molar-refractivity contribution in [2.45, 2.75) is 32.4 Å². The van der Waals surface area contributed by atoms with Crippen molar-refractivity contribution in [1.82, 2.24) is 14.8 Å². The third-order valence-corrected chi connectivity index (χ3v) is 5.85. The van der Waals surface area contributed by atoms with Gasteiger partial charge in [-0.1, -0.05) is 29.8 Å². The summed E-state index contributed by atoms with van der Waals surface area (Å²) in [5.74, 6) is 1.34. The van der Waals surface area contributed by atoms with E-state index in [-0.39, 0.29) is 6.10 Å². The molecule has 1 saturated heterocycles. The van der Waals surface area contributed by atoms with Gasteiger partial charge < -0.3 is 19.5 Å². The topological polar surface area (TPSA) is 41.8 Å². The molecule has 1 N–H and O–H groups in total. The number of hydrogen-bond donors (Lipinski definition) is 1. The first kappa shape index (κ1) is 20.9. The Balaban J connectivity index is 1.62. The molecule has 6 heteroatoms. The van der Waals surface area contributed by atoms with Gasteiger partial charge in [-0.15, -0.1) is 0 Å². The number of guanidine groups is 1. The van der Waals surface area contributed by atoms with Gasteiger partial charge in [0.25, 0.3) is 0 Å². The molecule has 1 aromatic carbocycles. The molecule has 0 radical (unpaired) electrons. The highest BCUT2D eigenvalue weighted by Gasteiger charge is 2.27. The van der Waals surface area contributed by atoms with E-state index < -0.39 is 0 Å². The lowest BCUT2D eigenvalue weighted by Gasteiger charge is -2.33. The molecule has 152 valence electrons. The lowest BCUT2D eigenvalue weighted by molar-refractivity contribution is -0.0266. The van der Waals surface area contributed by atoms with E-state index in [9.17, 15) is 0 Å². The third-order valence-electron chi connectivity index (χ3n) is 5.42. The summed E-state index contributed by atoms with van der Waals surface area (Å²) in [4.78, 5) is 6.64. The fourth-order valence-electron chi connectivity index (χ4n) is 3.83. The largest absolute Gasteiger partial charge is 0.373 e. The number of halogens is 1. The van der Waals surface area contributed by atoms with E-state index in [1.165, 1.54) is 16.8 Å². The van der Waals surface area contributed by atoms with Crippen molar-refractivity contribution < 1.29 is 4.74 Å². The fourth-order valence-corrected chi connectivity index (χ4v) is 4.40. The van der Waals surface area contributed by atoms with Gasteiger partial charge in [-0.25, -0.2) is 0 Å². The Morgan fingerprint density at radius 1 is 1.36 bits per heavy atom. The van der Waals surface area contributed by atoms with Crippen molar-refractivity contribution in [1.29, 1.82) is 0 Å². The summed E-state index contributed by atoms with van der Waals surface area (Å²) in [6.45, 7) is 4.61. The number of benzene rings is 1. The summed E-state index contributed by atoms with van der Waals surface area (Å²) < 4.78 is 9.39. The van der Waals surface area contributed by atoms with E-state index in [2.05, 4.69) is 93.3 Å². The summed E-state index contributed by atoms with van der Waals surface area (Å²) >= 11 is 3.54. The van der Waals surface area contributed by atoms with Crippen LogP contribution < -0.4 is 5.32 Å². The maximum absolute atomic E-state index is 6.16. The number of aliphatic imine (C=N–C) groups is 1. The highest BCUT2D eigenvalue weighted by molar-refractivity contribution is 9.10. The van der Waals surface area contributed by atoms with Crippen LogP contribution in [0.15, 0.2) is 46.0 Å². The Hall–Kier alpha value is -1.79. The molecular weight excluding hydrogens is 416 g/mol. The highest BCUT2D eigenvalue weighted by Crippen LogP contribution is 2.33. The predicted octanol–water partition coefficient (Wildman–Crippen LogP) is 4.27. The number of aromatic nitrogens is 1. The molecule has 2 unspecified atom stereocenters. The zero-order valence-corrected chi connectivity index (χ0v) is 18.9. The predicted molar refractivity (Wildman–Crippen MR) is 119 cm³/mol. The molecule has 1 aliphatic heterocycles. The van der Waals surface area contributed by atoms with Gasteiger partial charge >= 0.3 is 0 Å². The van der Waals surface area contributed by atoms with E-state index in [4.69, 9.17) is 4.74 Å². The Labute approximate surface area is 176 Å². The van der Waals surface area contributed by atoms with E-state index in [0.717, 1.165) is 43.0 Å². The van der Waals surface area contributed by atoms with Gasteiger partial charge in [-0.3, -0.25) is 4.99 Å². The normalized spacial score (nSPS) is 20.2. The van der Waals surface area contributed by atoms with Crippen molar-refractivity contribution in [2.24, 2.45) is 18.0 Å². The first-order chi connectivity index (χ1) is 13.5. The monoisotopic (exact) mass is 446 g/mol. The molecule has 3 rings (SSSR count). The Morgan fingerprint density at radius 2 is 2.11 bits per heavy atom. The van der Waals surface area contributed by atoms with Crippen LogP contribution in [0.5, 0.6) is 0 Å². The van der Waals surface area contributed by atoms with Crippen molar-refractivity contribution in [3.8, 4) is 0 Å². The minimum absolute atomic E-state index is 0.147. The summed E-state index contributed by atoms with van der Waals surface area (Å²) in [6.07, 6.45) is 4.50. The number of nitrogens with zero attached hydrogens (tertiary/aromatic N) is 3. The van der Waals surface area contributed by atoms with Gasteiger partial charge in [0.1, 0.15) is 0 Å². The van der Waals surface area contributed by atoms with Gasteiger partial charge in [0, 0.05) is 56.6 Å².